The first-order valence-electron chi connectivity index (χ1n) is 6.47. The lowest BCUT2D eigenvalue weighted by atomic mass is 9.95. The molecular weight excluding hydrogens is 258 g/mol. The Morgan fingerprint density at radius 3 is 2.68 bits per heavy atom. The highest BCUT2D eigenvalue weighted by Gasteiger charge is 2.55. The molecule has 0 bridgehead atoms. The number of thiocarbonyl (C=S) groups is 1. The summed E-state index contributed by atoms with van der Waals surface area (Å²) in [6.07, 6.45) is 0. The van der Waals surface area contributed by atoms with Crippen molar-refractivity contribution in [3.05, 3.63) is 30.3 Å². The number of para-hydroxylation sites is 1. The van der Waals surface area contributed by atoms with Crippen molar-refractivity contribution in [2.24, 2.45) is 0 Å². The lowest BCUT2D eigenvalue weighted by Crippen LogP contribution is -2.66. The molecule has 19 heavy (non-hydrogen) atoms. The highest BCUT2D eigenvalue weighted by Crippen LogP contribution is 2.34. The standard InChI is InChI=1S/C14H17N3OS/c1-10-8-15-12(18)14(2)13(19)16(9-17(10)14)11-6-4-3-5-7-11/h3-7,10H,8-9H2,1-2H3,(H,15,18). The molecule has 2 atom stereocenters. The van der Waals surface area contributed by atoms with Crippen LogP contribution in [0.2, 0.25) is 0 Å². The number of carbonyl (C=O) groups is 1. The van der Waals surface area contributed by atoms with Gasteiger partial charge in [0, 0.05) is 18.3 Å². The Kier molecular flexibility index (Phi) is 2.83. The van der Waals surface area contributed by atoms with Crippen molar-refractivity contribution < 1.29 is 4.79 Å². The molecule has 0 aromatic heterocycles. The molecule has 4 nitrogen and oxygen atoms in total. The number of fused-ring (bicyclic) bond motifs is 1. The molecule has 1 amide bonds. The molecule has 1 aromatic carbocycles. The number of rotatable bonds is 1. The third-order valence-electron chi connectivity index (χ3n) is 4.13. The summed E-state index contributed by atoms with van der Waals surface area (Å²) < 4.78 is 0. The molecule has 2 heterocycles. The Balaban J connectivity index is 2.01. The van der Waals surface area contributed by atoms with Crippen molar-refractivity contribution in [3.63, 3.8) is 0 Å². The van der Waals surface area contributed by atoms with Crippen LogP contribution in [0, 0.1) is 0 Å². The molecule has 0 spiro atoms. The van der Waals surface area contributed by atoms with Gasteiger partial charge in [0.05, 0.1) is 6.67 Å². The first-order chi connectivity index (χ1) is 9.05. The van der Waals surface area contributed by atoms with Gasteiger partial charge in [-0.3, -0.25) is 9.69 Å². The van der Waals surface area contributed by atoms with E-state index in [1.807, 2.05) is 37.3 Å². The molecule has 2 aliphatic rings. The molecule has 2 unspecified atom stereocenters. The minimum atomic E-state index is -0.706. The fraction of sp³-hybridized carbons (Fsp3) is 0.429. The van der Waals surface area contributed by atoms with E-state index in [1.54, 1.807) is 0 Å². The number of hydrogen-bond acceptors (Lipinski definition) is 3. The van der Waals surface area contributed by atoms with Crippen molar-refractivity contribution in [1.29, 1.82) is 0 Å². The van der Waals surface area contributed by atoms with E-state index in [4.69, 9.17) is 12.2 Å². The second-order valence-electron chi connectivity index (χ2n) is 5.31. The highest BCUT2D eigenvalue weighted by atomic mass is 32.1. The van der Waals surface area contributed by atoms with Crippen LogP contribution in [0.3, 0.4) is 0 Å². The average Bonchev–Trinajstić information content (AvgIpc) is 2.71. The fourth-order valence-corrected chi connectivity index (χ4v) is 3.25. The number of carbonyl (C=O) groups excluding carboxylic acids is 1. The molecule has 0 radical (unpaired) electrons. The SMILES string of the molecule is CC1CNC(=O)C2(C)C(=S)N(c3ccccc3)CN12. The molecule has 2 aliphatic heterocycles. The zero-order valence-corrected chi connectivity index (χ0v) is 11.9. The number of nitrogens with one attached hydrogen (secondary N) is 1. The minimum Gasteiger partial charge on any atom is -0.353 e. The van der Waals surface area contributed by atoms with E-state index in [1.165, 1.54) is 0 Å². The van der Waals surface area contributed by atoms with E-state index in [0.29, 0.717) is 18.2 Å². The monoisotopic (exact) mass is 275 g/mol. The number of hydrogen-bond donors (Lipinski definition) is 1. The smallest absolute Gasteiger partial charge is 0.247 e. The van der Waals surface area contributed by atoms with Gasteiger partial charge in [-0.05, 0) is 26.0 Å². The van der Waals surface area contributed by atoms with Crippen molar-refractivity contribution in [2.75, 3.05) is 18.1 Å². The van der Waals surface area contributed by atoms with Crippen molar-refractivity contribution in [3.8, 4) is 0 Å². The van der Waals surface area contributed by atoms with Crippen LogP contribution in [-0.2, 0) is 4.79 Å². The summed E-state index contributed by atoms with van der Waals surface area (Å²) >= 11 is 5.59. The Morgan fingerprint density at radius 2 is 2.05 bits per heavy atom. The maximum absolute atomic E-state index is 12.3. The molecule has 1 N–H and O–H groups in total. The Hall–Kier alpha value is -1.46. The van der Waals surface area contributed by atoms with Crippen LogP contribution < -0.4 is 10.2 Å². The summed E-state index contributed by atoms with van der Waals surface area (Å²) in [7, 11) is 0. The highest BCUT2D eigenvalue weighted by molar-refractivity contribution is 7.81. The molecule has 0 aliphatic carbocycles. The predicted octanol–water partition coefficient (Wildman–Crippen LogP) is 1.37. The maximum Gasteiger partial charge on any atom is 0.247 e. The first kappa shape index (κ1) is 12.6. The third kappa shape index (κ3) is 1.69. The summed E-state index contributed by atoms with van der Waals surface area (Å²) in [6.45, 7) is 5.39. The zero-order chi connectivity index (χ0) is 13.6. The first-order valence-corrected chi connectivity index (χ1v) is 6.88. The van der Waals surface area contributed by atoms with Gasteiger partial charge in [-0.2, -0.15) is 0 Å². The van der Waals surface area contributed by atoms with Crippen LogP contribution in [-0.4, -0.2) is 40.6 Å². The van der Waals surface area contributed by atoms with Crippen molar-refractivity contribution in [2.45, 2.75) is 25.4 Å². The van der Waals surface area contributed by atoms with Gasteiger partial charge in [-0.15, -0.1) is 0 Å². The lowest BCUT2D eigenvalue weighted by Gasteiger charge is -2.40. The Bertz CT molecular complexity index is 533. The van der Waals surface area contributed by atoms with Gasteiger partial charge in [0.1, 0.15) is 4.99 Å². The van der Waals surface area contributed by atoms with Gasteiger partial charge in [-0.25, -0.2) is 0 Å². The van der Waals surface area contributed by atoms with Gasteiger partial charge in [0.25, 0.3) is 0 Å². The summed E-state index contributed by atoms with van der Waals surface area (Å²) in [5.41, 5.74) is 0.339. The number of nitrogens with zero attached hydrogens (tertiary/aromatic N) is 2. The lowest BCUT2D eigenvalue weighted by molar-refractivity contribution is -0.132. The number of piperazine rings is 1. The second-order valence-corrected chi connectivity index (χ2v) is 5.70. The van der Waals surface area contributed by atoms with Gasteiger partial charge in [0.2, 0.25) is 5.91 Å². The van der Waals surface area contributed by atoms with Crippen molar-refractivity contribution >= 4 is 28.8 Å². The Labute approximate surface area is 118 Å². The van der Waals surface area contributed by atoms with Crippen LogP contribution in [0.15, 0.2) is 30.3 Å². The van der Waals surface area contributed by atoms with Crippen LogP contribution in [0.1, 0.15) is 13.8 Å². The molecule has 3 rings (SSSR count). The molecular formula is C14H17N3OS. The number of amides is 1. The third-order valence-corrected chi connectivity index (χ3v) is 4.75. The summed E-state index contributed by atoms with van der Waals surface area (Å²) in [5, 5.41) is 2.95. The van der Waals surface area contributed by atoms with Crippen molar-refractivity contribution in [1.82, 2.24) is 10.2 Å². The van der Waals surface area contributed by atoms with Crippen LogP contribution in [0.4, 0.5) is 5.69 Å². The van der Waals surface area contributed by atoms with E-state index in [9.17, 15) is 4.79 Å². The largest absolute Gasteiger partial charge is 0.353 e. The van der Waals surface area contributed by atoms with Gasteiger partial charge >= 0.3 is 0 Å². The van der Waals surface area contributed by atoms with Crippen LogP contribution in [0.25, 0.3) is 0 Å². The average molecular weight is 275 g/mol. The summed E-state index contributed by atoms with van der Waals surface area (Å²) in [4.78, 5) is 17.2. The van der Waals surface area contributed by atoms with E-state index < -0.39 is 5.54 Å². The minimum absolute atomic E-state index is 0.00836. The second kappa shape index (κ2) is 4.28. The van der Waals surface area contributed by atoms with Gasteiger partial charge in [0.15, 0.2) is 5.54 Å². The van der Waals surface area contributed by atoms with E-state index in [0.717, 1.165) is 5.69 Å². The maximum atomic E-state index is 12.3. The fourth-order valence-electron chi connectivity index (χ4n) is 2.88. The molecule has 2 fully saturated rings. The van der Waals surface area contributed by atoms with Gasteiger partial charge in [-0.1, -0.05) is 30.4 Å². The molecule has 100 valence electrons. The molecule has 0 saturated carbocycles. The predicted molar refractivity (Wildman–Crippen MR) is 79.1 cm³/mol. The molecule has 5 heteroatoms. The summed E-state index contributed by atoms with van der Waals surface area (Å²) in [6, 6.07) is 10.3. The Morgan fingerprint density at radius 1 is 1.37 bits per heavy atom. The van der Waals surface area contributed by atoms with E-state index >= 15 is 0 Å². The topological polar surface area (TPSA) is 35.6 Å². The normalized spacial score (nSPS) is 31.3. The molecule has 2 saturated heterocycles. The summed E-state index contributed by atoms with van der Waals surface area (Å²) in [5.74, 6) is 0.00836. The van der Waals surface area contributed by atoms with Crippen LogP contribution in [0.5, 0.6) is 0 Å². The zero-order valence-electron chi connectivity index (χ0n) is 11.1. The number of benzene rings is 1. The quantitative estimate of drug-likeness (QED) is 0.785. The molecule has 1 aromatic rings. The van der Waals surface area contributed by atoms with Gasteiger partial charge < -0.3 is 10.2 Å². The van der Waals surface area contributed by atoms with E-state index in [-0.39, 0.29) is 11.9 Å². The van der Waals surface area contributed by atoms with E-state index in [2.05, 4.69) is 22.0 Å². The number of anilines is 1. The van der Waals surface area contributed by atoms with Crippen LogP contribution >= 0.6 is 12.2 Å².